The normalized spacial score (nSPS) is 10.1. The number of carbonyl (C=O) groups is 2. The molecule has 1 heterocycles. The molecule has 0 spiro atoms. The lowest BCUT2D eigenvalue weighted by atomic mass is 10.2. The number of methoxy groups -OCH3 is 1. The fourth-order valence-corrected chi connectivity index (χ4v) is 1.59. The SMILES string of the molecule is COc1cc(C(N)=O)ccc1OCC(=O)c1ccco1. The van der Waals surface area contributed by atoms with Crippen molar-refractivity contribution in [3.63, 3.8) is 0 Å². The van der Waals surface area contributed by atoms with E-state index in [2.05, 4.69) is 0 Å². The summed E-state index contributed by atoms with van der Waals surface area (Å²) in [4.78, 5) is 22.8. The monoisotopic (exact) mass is 275 g/mol. The topological polar surface area (TPSA) is 91.8 Å². The van der Waals surface area contributed by atoms with Crippen molar-refractivity contribution in [1.82, 2.24) is 0 Å². The van der Waals surface area contributed by atoms with Crippen molar-refractivity contribution in [1.29, 1.82) is 0 Å². The first kappa shape index (κ1) is 13.7. The van der Waals surface area contributed by atoms with Crippen molar-refractivity contribution in [3.8, 4) is 11.5 Å². The molecule has 104 valence electrons. The number of carbonyl (C=O) groups excluding carboxylic acids is 2. The van der Waals surface area contributed by atoms with E-state index in [0.29, 0.717) is 17.1 Å². The van der Waals surface area contributed by atoms with Crippen molar-refractivity contribution < 1.29 is 23.5 Å². The summed E-state index contributed by atoms with van der Waals surface area (Å²) in [6.45, 7) is -0.195. The van der Waals surface area contributed by atoms with Crippen LogP contribution in [-0.4, -0.2) is 25.4 Å². The molecule has 1 amide bonds. The zero-order chi connectivity index (χ0) is 14.5. The minimum atomic E-state index is -0.568. The van der Waals surface area contributed by atoms with Crippen molar-refractivity contribution in [2.75, 3.05) is 13.7 Å². The number of benzene rings is 1. The molecular formula is C14H13NO5. The summed E-state index contributed by atoms with van der Waals surface area (Å²) in [5.74, 6) is 0.0289. The lowest BCUT2D eigenvalue weighted by Gasteiger charge is -2.10. The van der Waals surface area contributed by atoms with E-state index in [1.54, 1.807) is 12.1 Å². The van der Waals surface area contributed by atoms with Gasteiger partial charge in [0.15, 0.2) is 23.9 Å². The maximum Gasteiger partial charge on any atom is 0.248 e. The van der Waals surface area contributed by atoms with Crippen LogP contribution in [0, 0.1) is 0 Å². The summed E-state index contributed by atoms with van der Waals surface area (Å²) < 4.78 is 15.4. The summed E-state index contributed by atoms with van der Waals surface area (Å²) in [5, 5.41) is 0. The van der Waals surface area contributed by atoms with Gasteiger partial charge < -0.3 is 19.6 Å². The van der Waals surface area contributed by atoms with Crippen LogP contribution in [0.1, 0.15) is 20.9 Å². The van der Waals surface area contributed by atoms with Gasteiger partial charge in [0.1, 0.15) is 0 Å². The maximum absolute atomic E-state index is 11.7. The molecular weight excluding hydrogens is 262 g/mol. The Balaban J connectivity index is 2.09. The van der Waals surface area contributed by atoms with E-state index in [4.69, 9.17) is 19.6 Å². The molecule has 0 radical (unpaired) electrons. The number of hydrogen-bond acceptors (Lipinski definition) is 5. The van der Waals surface area contributed by atoms with Crippen LogP contribution in [0.3, 0.4) is 0 Å². The third-order valence-electron chi connectivity index (χ3n) is 2.60. The highest BCUT2D eigenvalue weighted by Gasteiger charge is 2.13. The third-order valence-corrected chi connectivity index (χ3v) is 2.60. The van der Waals surface area contributed by atoms with E-state index in [1.807, 2.05) is 0 Å². The fourth-order valence-electron chi connectivity index (χ4n) is 1.59. The fraction of sp³-hybridized carbons (Fsp3) is 0.143. The summed E-state index contributed by atoms with van der Waals surface area (Å²) >= 11 is 0. The maximum atomic E-state index is 11.7. The second-order valence-electron chi connectivity index (χ2n) is 3.92. The van der Waals surface area contributed by atoms with Gasteiger partial charge in [-0.1, -0.05) is 0 Å². The summed E-state index contributed by atoms with van der Waals surface area (Å²) in [7, 11) is 1.43. The van der Waals surface area contributed by atoms with E-state index in [9.17, 15) is 9.59 Å². The molecule has 20 heavy (non-hydrogen) atoms. The predicted octanol–water partition coefficient (Wildman–Crippen LogP) is 1.65. The summed E-state index contributed by atoms with van der Waals surface area (Å²) in [5.41, 5.74) is 5.47. The van der Waals surface area contributed by atoms with Crippen LogP contribution in [0.25, 0.3) is 0 Å². The molecule has 0 atom stereocenters. The second kappa shape index (κ2) is 5.92. The molecule has 1 aromatic carbocycles. The van der Waals surface area contributed by atoms with Gasteiger partial charge in [0, 0.05) is 5.56 Å². The zero-order valence-corrected chi connectivity index (χ0v) is 10.8. The Bertz CT molecular complexity index is 618. The second-order valence-corrected chi connectivity index (χ2v) is 3.92. The van der Waals surface area contributed by atoms with Crippen LogP contribution < -0.4 is 15.2 Å². The van der Waals surface area contributed by atoms with Gasteiger partial charge in [0.25, 0.3) is 0 Å². The molecule has 0 bridgehead atoms. The number of hydrogen-bond donors (Lipinski definition) is 1. The molecule has 0 aliphatic carbocycles. The van der Waals surface area contributed by atoms with Crippen molar-refractivity contribution in [2.45, 2.75) is 0 Å². The Morgan fingerprint density at radius 1 is 1.25 bits per heavy atom. The van der Waals surface area contributed by atoms with E-state index in [-0.39, 0.29) is 18.2 Å². The zero-order valence-electron chi connectivity index (χ0n) is 10.8. The predicted molar refractivity (Wildman–Crippen MR) is 70.0 cm³/mol. The molecule has 0 saturated heterocycles. The lowest BCUT2D eigenvalue weighted by molar-refractivity contribution is 0.0890. The molecule has 0 aliphatic rings. The highest BCUT2D eigenvalue weighted by Crippen LogP contribution is 2.28. The number of primary amides is 1. The van der Waals surface area contributed by atoms with Crippen molar-refractivity contribution in [3.05, 3.63) is 47.9 Å². The molecule has 0 unspecified atom stereocenters. The molecule has 1 aromatic heterocycles. The largest absolute Gasteiger partial charge is 0.493 e. The first-order valence-corrected chi connectivity index (χ1v) is 5.79. The van der Waals surface area contributed by atoms with Crippen molar-refractivity contribution >= 4 is 11.7 Å². The van der Waals surface area contributed by atoms with Gasteiger partial charge in [0.2, 0.25) is 11.7 Å². The molecule has 0 fully saturated rings. The number of ether oxygens (including phenoxy) is 2. The Kier molecular flexibility index (Phi) is 4.05. The van der Waals surface area contributed by atoms with E-state index >= 15 is 0 Å². The van der Waals surface area contributed by atoms with Gasteiger partial charge in [-0.3, -0.25) is 9.59 Å². The molecule has 0 aliphatic heterocycles. The molecule has 0 saturated carbocycles. The van der Waals surface area contributed by atoms with Crippen LogP contribution in [0.15, 0.2) is 41.0 Å². The molecule has 2 rings (SSSR count). The Labute approximate surface area is 115 Å². The summed E-state index contributed by atoms with van der Waals surface area (Å²) in [6, 6.07) is 7.65. The highest BCUT2D eigenvalue weighted by molar-refractivity contribution is 5.95. The Hall–Kier alpha value is -2.76. The van der Waals surface area contributed by atoms with Crippen LogP contribution in [-0.2, 0) is 0 Å². The number of furan rings is 1. The molecule has 6 nitrogen and oxygen atoms in total. The van der Waals surface area contributed by atoms with Gasteiger partial charge in [-0.2, -0.15) is 0 Å². The summed E-state index contributed by atoms with van der Waals surface area (Å²) in [6.07, 6.45) is 1.41. The standard InChI is InChI=1S/C14H13NO5/c1-18-13-7-9(14(15)17)4-5-12(13)20-8-10(16)11-3-2-6-19-11/h2-7H,8H2,1H3,(H2,15,17). The molecule has 2 N–H and O–H groups in total. The number of rotatable bonds is 6. The minimum Gasteiger partial charge on any atom is -0.493 e. The Morgan fingerprint density at radius 2 is 2.05 bits per heavy atom. The number of Topliss-reactive ketones (excluding diaryl/α,β-unsaturated/α-hetero) is 1. The average Bonchev–Trinajstić information content (AvgIpc) is 2.98. The van der Waals surface area contributed by atoms with Gasteiger partial charge in [-0.05, 0) is 30.3 Å². The number of amides is 1. The lowest BCUT2D eigenvalue weighted by Crippen LogP contribution is -2.13. The highest BCUT2D eigenvalue weighted by atomic mass is 16.5. The van der Waals surface area contributed by atoms with E-state index in [0.717, 1.165) is 0 Å². The quantitative estimate of drug-likeness (QED) is 0.809. The van der Waals surface area contributed by atoms with Gasteiger partial charge in [0.05, 0.1) is 13.4 Å². The van der Waals surface area contributed by atoms with E-state index in [1.165, 1.54) is 31.6 Å². The van der Waals surface area contributed by atoms with Crippen LogP contribution in [0.4, 0.5) is 0 Å². The smallest absolute Gasteiger partial charge is 0.248 e. The van der Waals surface area contributed by atoms with Crippen LogP contribution >= 0.6 is 0 Å². The first-order valence-electron chi connectivity index (χ1n) is 5.79. The Morgan fingerprint density at radius 3 is 2.65 bits per heavy atom. The van der Waals surface area contributed by atoms with Crippen LogP contribution in [0.2, 0.25) is 0 Å². The van der Waals surface area contributed by atoms with E-state index < -0.39 is 5.91 Å². The minimum absolute atomic E-state index is 0.195. The van der Waals surface area contributed by atoms with Gasteiger partial charge in [-0.15, -0.1) is 0 Å². The van der Waals surface area contributed by atoms with Gasteiger partial charge in [-0.25, -0.2) is 0 Å². The number of ketones is 1. The third kappa shape index (κ3) is 2.97. The average molecular weight is 275 g/mol. The molecule has 2 aromatic rings. The van der Waals surface area contributed by atoms with Gasteiger partial charge >= 0.3 is 0 Å². The molecule has 6 heteroatoms. The first-order chi connectivity index (χ1) is 9.61. The number of nitrogens with two attached hydrogens (primary N) is 1. The van der Waals surface area contributed by atoms with Crippen molar-refractivity contribution in [2.24, 2.45) is 5.73 Å². The van der Waals surface area contributed by atoms with Crippen LogP contribution in [0.5, 0.6) is 11.5 Å².